The number of nitrogens with zero attached hydrogens (tertiary/aromatic N) is 1. The maximum absolute atomic E-state index is 5.01. The van der Waals surface area contributed by atoms with Crippen LogP contribution >= 0.6 is 0 Å². The predicted molar refractivity (Wildman–Crippen MR) is 33.1 cm³/mol. The van der Waals surface area contributed by atoms with E-state index in [-0.39, 0.29) is 0 Å². The second kappa shape index (κ2) is 4.63. The van der Waals surface area contributed by atoms with Crippen LogP contribution in [0.2, 0.25) is 0 Å². The molecule has 0 aromatic rings. The zero-order valence-corrected chi connectivity index (χ0v) is 5.35. The Morgan fingerprint density at radius 2 is 2.38 bits per heavy atom. The standard InChI is InChI=1S/C6H11NO/c1-4-6-7(5-2)8-3/h1H,5-6H2,2-3H3. The molecule has 0 fully saturated rings. The lowest BCUT2D eigenvalue weighted by Crippen LogP contribution is -2.21. The van der Waals surface area contributed by atoms with Gasteiger partial charge in [-0.2, -0.15) is 5.06 Å². The molecule has 0 saturated carbocycles. The van der Waals surface area contributed by atoms with Gasteiger partial charge in [-0.3, -0.25) is 0 Å². The molecule has 0 aromatic carbocycles. The maximum atomic E-state index is 5.01. The van der Waals surface area contributed by atoms with E-state index in [4.69, 9.17) is 11.3 Å². The molecule has 0 atom stereocenters. The molecule has 0 bridgehead atoms. The first-order valence-corrected chi connectivity index (χ1v) is 2.57. The Balaban J connectivity index is 3.25. The van der Waals surface area contributed by atoms with Gasteiger partial charge >= 0.3 is 0 Å². The Morgan fingerprint density at radius 3 is 2.50 bits per heavy atom. The number of terminal acetylenes is 1. The van der Waals surface area contributed by atoms with Gasteiger partial charge in [-0.15, -0.1) is 6.42 Å². The SMILES string of the molecule is C#CCN(CC)OC. The highest BCUT2D eigenvalue weighted by atomic mass is 16.7. The van der Waals surface area contributed by atoms with Crippen molar-refractivity contribution < 1.29 is 4.84 Å². The minimum atomic E-state index is 0.562. The minimum absolute atomic E-state index is 0.562. The highest BCUT2D eigenvalue weighted by Crippen LogP contribution is 1.82. The van der Waals surface area contributed by atoms with Gasteiger partial charge in [-0.05, 0) is 0 Å². The molecule has 2 nitrogen and oxygen atoms in total. The third kappa shape index (κ3) is 2.62. The van der Waals surface area contributed by atoms with E-state index in [1.54, 1.807) is 12.2 Å². The molecule has 0 unspecified atom stereocenters. The van der Waals surface area contributed by atoms with Crippen LogP contribution in [0, 0.1) is 12.3 Å². The van der Waals surface area contributed by atoms with Crippen LogP contribution in [0.3, 0.4) is 0 Å². The summed E-state index contributed by atoms with van der Waals surface area (Å²) in [6, 6.07) is 0. The maximum Gasteiger partial charge on any atom is 0.0848 e. The summed E-state index contributed by atoms with van der Waals surface area (Å²) in [5.41, 5.74) is 0. The Labute approximate surface area is 50.4 Å². The average Bonchev–Trinajstić information content (AvgIpc) is 1.83. The van der Waals surface area contributed by atoms with Gasteiger partial charge in [0, 0.05) is 6.54 Å². The van der Waals surface area contributed by atoms with Crippen molar-refractivity contribution in [1.82, 2.24) is 5.06 Å². The van der Waals surface area contributed by atoms with Crippen molar-refractivity contribution in [3.63, 3.8) is 0 Å². The Bertz CT molecular complexity index is 81.0. The Kier molecular flexibility index (Phi) is 4.33. The zero-order chi connectivity index (χ0) is 6.41. The molecule has 0 saturated heterocycles. The largest absolute Gasteiger partial charge is 0.301 e. The number of hydrogen-bond donors (Lipinski definition) is 0. The summed E-state index contributed by atoms with van der Waals surface area (Å²) in [5.74, 6) is 2.47. The van der Waals surface area contributed by atoms with E-state index >= 15 is 0 Å². The van der Waals surface area contributed by atoms with E-state index in [2.05, 4.69) is 5.92 Å². The van der Waals surface area contributed by atoms with E-state index < -0.39 is 0 Å². The van der Waals surface area contributed by atoms with Crippen LogP contribution < -0.4 is 0 Å². The summed E-state index contributed by atoms with van der Waals surface area (Å²) in [6.45, 7) is 3.38. The van der Waals surface area contributed by atoms with Gasteiger partial charge < -0.3 is 4.84 Å². The number of hydroxylamine groups is 2. The first kappa shape index (κ1) is 7.48. The predicted octanol–water partition coefficient (Wildman–Crippen LogP) is 0.503. The van der Waals surface area contributed by atoms with Crippen molar-refractivity contribution in [3.8, 4) is 12.3 Å². The van der Waals surface area contributed by atoms with Crippen molar-refractivity contribution in [3.05, 3.63) is 0 Å². The third-order valence-electron chi connectivity index (χ3n) is 0.879. The molecule has 0 heterocycles. The Hall–Kier alpha value is -0.520. The molecular formula is C6H11NO. The van der Waals surface area contributed by atoms with Crippen molar-refractivity contribution in [2.24, 2.45) is 0 Å². The average molecular weight is 113 g/mol. The molecule has 2 heteroatoms. The number of rotatable bonds is 3. The fourth-order valence-corrected chi connectivity index (χ4v) is 0.407. The van der Waals surface area contributed by atoms with Crippen LogP contribution in [-0.4, -0.2) is 25.3 Å². The summed E-state index contributed by atoms with van der Waals surface area (Å²) in [5, 5.41) is 1.69. The minimum Gasteiger partial charge on any atom is -0.301 e. The molecule has 0 radical (unpaired) electrons. The summed E-state index contributed by atoms with van der Waals surface area (Å²) in [7, 11) is 1.61. The highest BCUT2D eigenvalue weighted by Gasteiger charge is 1.92. The molecule has 0 aliphatic rings. The van der Waals surface area contributed by atoms with Gasteiger partial charge in [0.05, 0.1) is 13.7 Å². The lowest BCUT2D eigenvalue weighted by atomic mass is 10.6. The van der Waals surface area contributed by atoms with Crippen LogP contribution in [0.1, 0.15) is 6.92 Å². The summed E-state index contributed by atoms with van der Waals surface area (Å²) in [4.78, 5) is 4.83. The molecule has 0 aromatic heterocycles. The van der Waals surface area contributed by atoms with Gasteiger partial charge in [-0.25, -0.2) is 0 Å². The van der Waals surface area contributed by atoms with E-state index in [0.29, 0.717) is 6.54 Å². The first-order chi connectivity index (χ1) is 3.85. The number of hydrogen-bond acceptors (Lipinski definition) is 2. The van der Waals surface area contributed by atoms with E-state index in [1.807, 2.05) is 6.92 Å². The second-order valence-electron chi connectivity index (χ2n) is 1.34. The molecule has 0 spiro atoms. The van der Waals surface area contributed by atoms with Gasteiger partial charge in [0.1, 0.15) is 0 Å². The van der Waals surface area contributed by atoms with Crippen molar-refractivity contribution in [2.45, 2.75) is 6.92 Å². The quantitative estimate of drug-likeness (QED) is 0.390. The smallest absolute Gasteiger partial charge is 0.0848 e. The molecule has 0 N–H and O–H groups in total. The van der Waals surface area contributed by atoms with Crippen LogP contribution in [-0.2, 0) is 4.84 Å². The van der Waals surface area contributed by atoms with E-state index in [9.17, 15) is 0 Å². The Morgan fingerprint density at radius 1 is 1.75 bits per heavy atom. The van der Waals surface area contributed by atoms with Gasteiger partial charge in [0.15, 0.2) is 0 Å². The van der Waals surface area contributed by atoms with Gasteiger partial charge in [0.25, 0.3) is 0 Å². The summed E-state index contributed by atoms with van der Waals surface area (Å²) in [6.07, 6.45) is 5.01. The molecular weight excluding hydrogens is 102 g/mol. The highest BCUT2D eigenvalue weighted by molar-refractivity contribution is 4.85. The third-order valence-corrected chi connectivity index (χ3v) is 0.879. The normalized spacial score (nSPS) is 9.25. The fourth-order valence-electron chi connectivity index (χ4n) is 0.407. The monoisotopic (exact) mass is 113 g/mol. The summed E-state index contributed by atoms with van der Waals surface area (Å²) < 4.78 is 0. The van der Waals surface area contributed by atoms with Crippen LogP contribution in [0.4, 0.5) is 0 Å². The second-order valence-corrected chi connectivity index (χ2v) is 1.34. The van der Waals surface area contributed by atoms with Gasteiger partial charge in [0.2, 0.25) is 0 Å². The lowest BCUT2D eigenvalue weighted by molar-refractivity contribution is -0.116. The van der Waals surface area contributed by atoms with E-state index in [1.165, 1.54) is 0 Å². The fraction of sp³-hybridized carbons (Fsp3) is 0.667. The van der Waals surface area contributed by atoms with Crippen molar-refractivity contribution in [2.75, 3.05) is 20.2 Å². The summed E-state index contributed by atoms with van der Waals surface area (Å²) >= 11 is 0. The molecule has 0 aliphatic heterocycles. The molecule has 0 amide bonds. The molecule has 0 aliphatic carbocycles. The van der Waals surface area contributed by atoms with Crippen LogP contribution in [0.15, 0.2) is 0 Å². The van der Waals surface area contributed by atoms with E-state index in [0.717, 1.165) is 6.54 Å². The molecule has 46 valence electrons. The lowest BCUT2D eigenvalue weighted by Gasteiger charge is -2.12. The van der Waals surface area contributed by atoms with Crippen molar-refractivity contribution >= 4 is 0 Å². The first-order valence-electron chi connectivity index (χ1n) is 2.57. The molecule has 8 heavy (non-hydrogen) atoms. The van der Waals surface area contributed by atoms with Crippen LogP contribution in [0.25, 0.3) is 0 Å². The van der Waals surface area contributed by atoms with Crippen LogP contribution in [0.5, 0.6) is 0 Å². The molecule has 0 rings (SSSR count). The zero-order valence-electron chi connectivity index (χ0n) is 5.35. The van der Waals surface area contributed by atoms with Gasteiger partial charge in [-0.1, -0.05) is 12.8 Å². The van der Waals surface area contributed by atoms with Crippen molar-refractivity contribution in [1.29, 1.82) is 0 Å². The topological polar surface area (TPSA) is 12.5 Å².